The number of carbonyl (C=O) groups excluding carboxylic acids is 1. The Morgan fingerprint density at radius 2 is 2.75 bits per heavy atom. The molecule has 0 aliphatic heterocycles. The molecule has 0 atom stereocenters. The van der Waals surface area contributed by atoms with Crippen LogP contribution in [-0.2, 0) is 0 Å². The molecular formula is C5H5NO2. The maximum absolute atomic E-state index is 10.4. The van der Waals surface area contributed by atoms with Crippen molar-refractivity contribution in [3.63, 3.8) is 0 Å². The van der Waals surface area contributed by atoms with Gasteiger partial charge in [-0.05, 0) is 12.1 Å². The summed E-state index contributed by atoms with van der Waals surface area (Å²) in [6.07, 6.45) is -0.510. The molecule has 2 N–H and O–H groups in total. The lowest BCUT2D eigenvalue weighted by Crippen LogP contribution is -2.08. The Labute approximate surface area is 50.3 Å². The molecule has 3 nitrogen and oxygen atoms in total. The van der Waals surface area contributed by atoms with Crippen molar-refractivity contribution in [1.82, 2.24) is 0 Å². The van der Waals surface area contributed by atoms with Gasteiger partial charge in [0.1, 0.15) is 1.37 Å². The lowest BCUT2D eigenvalue weighted by Gasteiger charge is -1.80. The Morgan fingerprint density at radius 1 is 2.00 bits per heavy atom. The van der Waals surface area contributed by atoms with Gasteiger partial charge in [-0.15, -0.1) is 0 Å². The zero-order valence-corrected chi connectivity index (χ0v) is 3.89. The SMILES string of the molecule is [2H]c1oc(C(N)=O)c([2H])c1[2H]. The van der Waals surface area contributed by atoms with Crippen LogP contribution in [-0.4, -0.2) is 5.91 Å². The molecule has 1 aromatic heterocycles. The van der Waals surface area contributed by atoms with Crippen LogP contribution >= 0.6 is 0 Å². The maximum atomic E-state index is 10.4. The predicted octanol–water partition coefficient (Wildman–Crippen LogP) is 0.379. The van der Waals surface area contributed by atoms with Crippen molar-refractivity contribution in [2.75, 3.05) is 0 Å². The van der Waals surface area contributed by atoms with Crippen LogP contribution in [0.25, 0.3) is 0 Å². The van der Waals surface area contributed by atoms with E-state index in [4.69, 9.17) is 9.85 Å². The van der Waals surface area contributed by atoms with Crippen LogP contribution in [0.4, 0.5) is 0 Å². The fourth-order valence-corrected chi connectivity index (χ4v) is 0.296. The first kappa shape index (κ1) is 2.35. The largest absolute Gasteiger partial charge is 0.459 e. The van der Waals surface area contributed by atoms with Crippen molar-refractivity contribution < 1.29 is 13.3 Å². The lowest BCUT2D eigenvalue weighted by molar-refractivity contribution is 0.0974. The number of nitrogens with two attached hydrogens (primary N) is 1. The molecule has 0 unspecified atom stereocenters. The quantitative estimate of drug-likeness (QED) is 0.573. The molecule has 8 heavy (non-hydrogen) atoms. The Balaban J connectivity index is 3.29. The first-order chi connectivity index (χ1) is 5.04. The average molecular weight is 114 g/mol. The Bertz CT molecular complexity index is 307. The van der Waals surface area contributed by atoms with Gasteiger partial charge in [-0.1, -0.05) is 0 Å². The monoisotopic (exact) mass is 114 g/mol. The molecule has 0 saturated carbocycles. The molecular weight excluding hydrogens is 106 g/mol. The second-order valence-electron chi connectivity index (χ2n) is 1.15. The van der Waals surface area contributed by atoms with E-state index < -0.39 is 30.0 Å². The minimum atomic E-state index is -0.929. The molecule has 0 aromatic carbocycles. The summed E-state index contributed by atoms with van der Waals surface area (Å²) in [5.41, 5.74) is 4.78. The zero-order chi connectivity index (χ0) is 8.59. The zero-order valence-electron chi connectivity index (χ0n) is 6.89. The van der Waals surface area contributed by atoms with Gasteiger partial charge in [0.25, 0.3) is 5.91 Å². The van der Waals surface area contributed by atoms with Crippen LogP contribution in [0.15, 0.2) is 22.7 Å². The van der Waals surface area contributed by atoms with E-state index >= 15 is 0 Å². The third kappa shape index (κ3) is 0.703. The van der Waals surface area contributed by atoms with Crippen molar-refractivity contribution in [3.8, 4) is 0 Å². The lowest BCUT2D eigenvalue weighted by atomic mass is 10.4. The third-order valence-corrected chi connectivity index (χ3v) is 0.604. The van der Waals surface area contributed by atoms with Crippen molar-refractivity contribution in [3.05, 3.63) is 24.1 Å². The fraction of sp³-hybridized carbons (Fsp3) is 0. The van der Waals surface area contributed by atoms with Crippen LogP contribution in [0.5, 0.6) is 0 Å². The molecule has 1 rings (SSSR count). The standard InChI is InChI=1S/C5H5NO2/c6-5(7)4-2-1-3-8-4/h1-3H,(H2,6,7)/i1D,2D,3D. The average Bonchev–Trinajstić information content (AvgIpc) is 2.17. The minimum absolute atomic E-state index is 0.418. The summed E-state index contributed by atoms with van der Waals surface area (Å²) in [7, 11) is 0. The van der Waals surface area contributed by atoms with E-state index in [2.05, 4.69) is 4.42 Å². The normalized spacial score (nSPS) is 14.2. The van der Waals surface area contributed by atoms with Gasteiger partial charge in [0, 0.05) is 0 Å². The minimum Gasteiger partial charge on any atom is -0.459 e. The number of carbonyl (C=O) groups is 1. The van der Waals surface area contributed by atoms with Crippen LogP contribution in [0, 0.1) is 0 Å². The summed E-state index contributed by atoms with van der Waals surface area (Å²) in [6.45, 7) is 0. The number of furan rings is 1. The first-order valence-corrected chi connectivity index (χ1v) is 1.90. The highest BCUT2D eigenvalue weighted by Gasteiger charge is 1.98. The number of amides is 1. The highest BCUT2D eigenvalue weighted by molar-refractivity contribution is 5.89. The Morgan fingerprint density at radius 3 is 3.00 bits per heavy atom. The maximum Gasteiger partial charge on any atom is 0.284 e. The molecule has 0 aliphatic rings. The molecule has 0 spiro atoms. The van der Waals surface area contributed by atoms with Crippen LogP contribution in [0.1, 0.15) is 14.7 Å². The van der Waals surface area contributed by atoms with E-state index in [1.807, 2.05) is 0 Å². The van der Waals surface area contributed by atoms with Crippen molar-refractivity contribution in [1.29, 1.82) is 0 Å². The van der Waals surface area contributed by atoms with E-state index in [1.165, 1.54) is 0 Å². The summed E-state index contributed by atoms with van der Waals surface area (Å²) in [6, 6.07) is -0.846. The molecule has 3 heteroatoms. The van der Waals surface area contributed by atoms with Crippen molar-refractivity contribution >= 4 is 5.91 Å². The molecule has 42 valence electrons. The summed E-state index contributed by atoms with van der Waals surface area (Å²) in [5.74, 6) is -1.36. The highest BCUT2D eigenvalue weighted by atomic mass is 16.3. The van der Waals surface area contributed by atoms with Crippen molar-refractivity contribution in [2.45, 2.75) is 0 Å². The van der Waals surface area contributed by atoms with Crippen LogP contribution in [0.2, 0.25) is 0 Å². The molecule has 0 bridgehead atoms. The topological polar surface area (TPSA) is 56.2 Å². The van der Waals surface area contributed by atoms with Gasteiger partial charge in [0.2, 0.25) is 0 Å². The van der Waals surface area contributed by atoms with Gasteiger partial charge in [-0.2, -0.15) is 0 Å². The Kier molecular flexibility index (Phi) is 0.497. The molecule has 1 aromatic rings. The van der Waals surface area contributed by atoms with E-state index in [9.17, 15) is 4.79 Å². The fourth-order valence-electron chi connectivity index (χ4n) is 0.296. The molecule has 0 fully saturated rings. The van der Waals surface area contributed by atoms with Gasteiger partial charge < -0.3 is 10.2 Å². The van der Waals surface area contributed by atoms with Gasteiger partial charge in [0.15, 0.2) is 5.76 Å². The summed E-state index contributed by atoms with van der Waals surface area (Å²) in [4.78, 5) is 10.4. The van der Waals surface area contributed by atoms with Gasteiger partial charge >= 0.3 is 0 Å². The van der Waals surface area contributed by atoms with E-state index in [-0.39, 0.29) is 0 Å². The number of hydrogen-bond acceptors (Lipinski definition) is 2. The number of hydrogen-bond donors (Lipinski definition) is 1. The molecule has 0 aliphatic carbocycles. The highest BCUT2D eigenvalue weighted by Crippen LogP contribution is 1.96. The second kappa shape index (κ2) is 1.69. The van der Waals surface area contributed by atoms with E-state index in [0.29, 0.717) is 0 Å². The second-order valence-corrected chi connectivity index (χ2v) is 1.15. The van der Waals surface area contributed by atoms with Crippen LogP contribution < -0.4 is 5.73 Å². The summed E-state index contributed by atoms with van der Waals surface area (Å²) >= 11 is 0. The number of primary amides is 1. The van der Waals surface area contributed by atoms with E-state index in [1.54, 1.807) is 0 Å². The molecule has 1 amide bonds. The molecule has 0 radical (unpaired) electrons. The summed E-state index contributed by atoms with van der Waals surface area (Å²) < 4.78 is 25.3. The first-order valence-electron chi connectivity index (χ1n) is 3.40. The van der Waals surface area contributed by atoms with E-state index in [0.717, 1.165) is 0 Å². The van der Waals surface area contributed by atoms with Gasteiger partial charge in [0.05, 0.1) is 8.98 Å². The Hall–Kier alpha value is -1.25. The third-order valence-electron chi connectivity index (χ3n) is 0.604. The number of rotatable bonds is 1. The van der Waals surface area contributed by atoms with Gasteiger partial charge in [-0.3, -0.25) is 4.79 Å². The van der Waals surface area contributed by atoms with Gasteiger partial charge in [-0.25, -0.2) is 0 Å². The molecule has 0 saturated heterocycles. The van der Waals surface area contributed by atoms with Crippen molar-refractivity contribution in [2.24, 2.45) is 5.73 Å². The predicted molar refractivity (Wildman–Crippen MR) is 27.2 cm³/mol. The molecule has 1 heterocycles. The van der Waals surface area contributed by atoms with Crippen LogP contribution in [0.3, 0.4) is 0 Å². The smallest absolute Gasteiger partial charge is 0.284 e. The summed E-state index contributed by atoms with van der Waals surface area (Å²) in [5, 5.41) is 0.